The van der Waals surface area contributed by atoms with Gasteiger partial charge in [-0.15, -0.1) is 11.3 Å². The first kappa shape index (κ1) is 17.4. The molecule has 0 aliphatic rings. The van der Waals surface area contributed by atoms with Crippen molar-refractivity contribution in [3.8, 4) is 0 Å². The van der Waals surface area contributed by atoms with Crippen molar-refractivity contribution >= 4 is 27.5 Å². The SMILES string of the molecule is Cc1cc2c(=O)n(Cc3ccc(C(=O)OC(C)C)cc3)c(C)nc2s1. The molecule has 0 radical (unpaired) electrons. The van der Waals surface area contributed by atoms with Gasteiger partial charge in [-0.1, -0.05) is 12.1 Å². The van der Waals surface area contributed by atoms with Crippen LogP contribution in [0.3, 0.4) is 0 Å². The van der Waals surface area contributed by atoms with Crippen LogP contribution in [-0.4, -0.2) is 21.6 Å². The van der Waals surface area contributed by atoms with E-state index in [0.29, 0.717) is 23.3 Å². The molecular weight excluding hydrogens is 336 g/mol. The van der Waals surface area contributed by atoms with Crippen LogP contribution in [0.2, 0.25) is 0 Å². The van der Waals surface area contributed by atoms with Crippen LogP contribution in [0.25, 0.3) is 10.2 Å². The van der Waals surface area contributed by atoms with Gasteiger partial charge in [0.25, 0.3) is 5.56 Å². The topological polar surface area (TPSA) is 61.2 Å². The maximum absolute atomic E-state index is 12.7. The van der Waals surface area contributed by atoms with E-state index in [2.05, 4.69) is 4.98 Å². The summed E-state index contributed by atoms with van der Waals surface area (Å²) in [6.07, 6.45) is -0.153. The molecule has 0 amide bonds. The third-order valence-corrected chi connectivity index (χ3v) is 4.78. The van der Waals surface area contributed by atoms with Gasteiger partial charge in [-0.3, -0.25) is 9.36 Å². The number of carbonyl (C=O) groups excluding carboxylic acids is 1. The molecule has 2 heterocycles. The van der Waals surface area contributed by atoms with Gasteiger partial charge in [0.1, 0.15) is 10.7 Å². The van der Waals surface area contributed by atoms with E-state index < -0.39 is 0 Å². The molecule has 0 fully saturated rings. The van der Waals surface area contributed by atoms with Crippen LogP contribution in [0.4, 0.5) is 0 Å². The molecule has 5 nitrogen and oxygen atoms in total. The minimum absolute atomic E-state index is 0.0323. The molecule has 0 N–H and O–H groups in total. The lowest BCUT2D eigenvalue weighted by Gasteiger charge is -2.11. The van der Waals surface area contributed by atoms with Crippen LogP contribution in [-0.2, 0) is 11.3 Å². The van der Waals surface area contributed by atoms with Crippen molar-refractivity contribution in [1.29, 1.82) is 0 Å². The van der Waals surface area contributed by atoms with Crippen LogP contribution in [0, 0.1) is 13.8 Å². The lowest BCUT2D eigenvalue weighted by molar-refractivity contribution is 0.0378. The molecule has 1 aromatic carbocycles. The number of thiophene rings is 1. The number of aryl methyl sites for hydroxylation is 2. The summed E-state index contributed by atoms with van der Waals surface area (Å²) in [4.78, 5) is 31.0. The zero-order valence-corrected chi connectivity index (χ0v) is 15.5. The van der Waals surface area contributed by atoms with Gasteiger partial charge >= 0.3 is 5.97 Å². The molecule has 0 aliphatic carbocycles. The fourth-order valence-electron chi connectivity index (χ4n) is 2.64. The van der Waals surface area contributed by atoms with E-state index in [1.165, 1.54) is 11.3 Å². The number of nitrogens with zero attached hydrogens (tertiary/aromatic N) is 2. The van der Waals surface area contributed by atoms with Crippen molar-refractivity contribution in [3.05, 3.63) is 62.5 Å². The first-order valence-electron chi connectivity index (χ1n) is 8.12. The summed E-state index contributed by atoms with van der Waals surface area (Å²) in [6.45, 7) is 7.86. The molecule has 0 saturated heterocycles. The summed E-state index contributed by atoms with van der Waals surface area (Å²) in [5, 5.41) is 0.658. The average Bonchev–Trinajstić information content (AvgIpc) is 2.92. The maximum Gasteiger partial charge on any atom is 0.338 e. The number of aromatic nitrogens is 2. The van der Waals surface area contributed by atoms with Crippen molar-refractivity contribution in [2.24, 2.45) is 0 Å². The van der Waals surface area contributed by atoms with Gasteiger partial charge in [0.2, 0.25) is 0 Å². The highest BCUT2D eigenvalue weighted by molar-refractivity contribution is 7.18. The van der Waals surface area contributed by atoms with Gasteiger partial charge in [0.05, 0.1) is 23.6 Å². The van der Waals surface area contributed by atoms with Gasteiger partial charge in [-0.05, 0) is 51.5 Å². The molecule has 0 saturated carbocycles. The van der Waals surface area contributed by atoms with Crippen molar-refractivity contribution in [2.75, 3.05) is 0 Å². The Bertz CT molecular complexity index is 984. The lowest BCUT2D eigenvalue weighted by Crippen LogP contribution is -2.23. The molecule has 3 aromatic rings. The highest BCUT2D eigenvalue weighted by atomic mass is 32.1. The number of rotatable bonds is 4. The highest BCUT2D eigenvalue weighted by Crippen LogP contribution is 2.20. The van der Waals surface area contributed by atoms with E-state index >= 15 is 0 Å². The van der Waals surface area contributed by atoms with E-state index in [-0.39, 0.29) is 17.6 Å². The predicted octanol–water partition coefficient (Wildman–Crippen LogP) is 3.69. The Morgan fingerprint density at radius 2 is 1.92 bits per heavy atom. The molecule has 3 rings (SSSR count). The minimum atomic E-state index is -0.341. The number of fused-ring (bicyclic) bond motifs is 1. The van der Waals surface area contributed by atoms with E-state index in [0.717, 1.165) is 15.3 Å². The molecule has 0 bridgehead atoms. The summed E-state index contributed by atoms with van der Waals surface area (Å²) in [5.74, 6) is 0.342. The summed E-state index contributed by atoms with van der Waals surface area (Å²) in [6, 6.07) is 9.01. The summed E-state index contributed by atoms with van der Waals surface area (Å²) in [5.41, 5.74) is 1.40. The molecule has 2 aromatic heterocycles. The fraction of sp³-hybridized carbons (Fsp3) is 0.316. The molecule has 0 aliphatic heterocycles. The fourth-order valence-corrected chi connectivity index (χ4v) is 3.55. The van der Waals surface area contributed by atoms with Gasteiger partial charge in [-0.25, -0.2) is 9.78 Å². The molecule has 130 valence electrons. The second kappa shape index (κ2) is 6.80. The molecule has 6 heteroatoms. The van der Waals surface area contributed by atoms with Crippen LogP contribution < -0.4 is 5.56 Å². The monoisotopic (exact) mass is 356 g/mol. The number of benzene rings is 1. The number of esters is 1. The number of hydrogen-bond donors (Lipinski definition) is 0. The van der Waals surface area contributed by atoms with Crippen molar-refractivity contribution in [2.45, 2.75) is 40.3 Å². The highest BCUT2D eigenvalue weighted by Gasteiger charge is 2.12. The van der Waals surface area contributed by atoms with Gasteiger partial charge in [-0.2, -0.15) is 0 Å². The number of hydrogen-bond acceptors (Lipinski definition) is 5. The van der Waals surface area contributed by atoms with Crippen LogP contribution in [0.1, 0.15) is 40.5 Å². The Labute approximate surface area is 149 Å². The molecule has 0 unspecified atom stereocenters. The Balaban J connectivity index is 1.89. The Morgan fingerprint density at radius 3 is 2.56 bits per heavy atom. The van der Waals surface area contributed by atoms with Gasteiger partial charge in [0.15, 0.2) is 0 Å². The Kier molecular flexibility index (Phi) is 4.72. The summed E-state index contributed by atoms with van der Waals surface area (Å²) >= 11 is 1.53. The summed E-state index contributed by atoms with van der Waals surface area (Å²) in [7, 11) is 0. The van der Waals surface area contributed by atoms with E-state index in [1.54, 1.807) is 16.7 Å². The zero-order valence-electron chi connectivity index (χ0n) is 14.7. The molecule has 0 spiro atoms. The lowest BCUT2D eigenvalue weighted by atomic mass is 10.1. The summed E-state index contributed by atoms with van der Waals surface area (Å²) < 4.78 is 6.84. The van der Waals surface area contributed by atoms with Crippen molar-refractivity contribution in [1.82, 2.24) is 9.55 Å². The predicted molar refractivity (Wildman–Crippen MR) is 99.4 cm³/mol. The van der Waals surface area contributed by atoms with Crippen LogP contribution in [0.5, 0.6) is 0 Å². The standard InChI is InChI=1S/C19H20N2O3S/c1-11(2)24-19(23)15-7-5-14(6-8-15)10-21-13(4)20-17-16(18(21)22)9-12(3)25-17/h5-9,11H,10H2,1-4H3. The minimum Gasteiger partial charge on any atom is -0.459 e. The van der Waals surface area contributed by atoms with Crippen molar-refractivity contribution < 1.29 is 9.53 Å². The molecule has 25 heavy (non-hydrogen) atoms. The zero-order chi connectivity index (χ0) is 18.1. The second-order valence-electron chi connectivity index (χ2n) is 6.28. The molecular formula is C19H20N2O3S. The Morgan fingerprint density at radius 1 is 1.24 bits per heavy atom. The number of ether oxygens (including phenoxy) is 1. The van der Waals surface area contributed by atoms with E-state index in [9.17, 15) is 9.59 Å². The second-order valence-corrected chi connectivity index (χ2v) is 7.51. The van der Waals surface area contributed by atoms with Crippen LogP contribution in [0.15, 0.2) is 35.1 Å². The quantitative estimate of drug-likeness (QED) is 0.669. The average molecular weight is 356 g/mol. The normalized spacial score (nSPS) is 11.2. The van der Waals surface area contributed by atoms with E-state index in [1.807, 2.05) is 45.9 Å². The van der Waals surface area contributed by atoms with Gasteiger partial charge in [0, 0.05) is 4.88 Å². The largest absolute Gasteiger partial charge is 0.459 e. The maximum atomic E-state index is 12.7. The van der Waals surface area contributed by atoms with E-state index in [4.69, 9.17) is 4.74 Å². The number of carbonyl (C=O) groups is 1. The Hall–Kier alpha value is -2.47. The first-order valence-corrected chi connectivity index (χ1v) is 8.94. The third-order valence-electron chi connectivity index (χ3n) is 3.84. The van der Waals surface area contributed by atoms with Gasteiger partial charge < -0.3 is 4.74 Å². The smallest absolute Gasteiger partial charge is 0.338 e. The van der Waals surface area contributed by atoms with Crippen molar-refractivity contribution in [3.63, 3.8) is 0 Å². The molecule has 0 atom stereocenters. The first-order chi connectivity index (χ1) is 11.8. The third kappa shape index (κ3) is 3.64. The van der Waals surface area contributed by atoms with Crippen LogP contribution >= 0.6 is 11.3 Å².